The van der Waals surface area contributed by atoms with Crippen LogP contribution in [0.1, 0.15) is 16.1 Å². The molecule has 0 atom stereocenters. The largest absolute Gasteiger partial charge is 0.481 e. The summed E-state index contributed by atoms with van der Waals surface area (Å²) in [6.07, 6.45) is 0.0177. The molecule has 1 aromatic heterocycles. The van der Waals surface area contributed by atoms with E-state index in [4.69, 9.17) is 5.11 Å². The monoisotopic (exact) mass is 303 g/mol. The Morgan fingerprint density at radius 2 is 2.21 bits per heavy atom. The average molecular weight is 303 g/mol. The molecule has 0 aliphatic heterocycles. The minimum Gasteiger partial charge on any atom is -0.481 e. The average Bonchev–Trinajstić information content (AvgIpc) is 2.81. The molecular formula is C11H13NO5S2. The number of carboxylic acid groups (broad SMARTS) is 1. The molecule has 8 heteroatoms. The fraction of sp³-hybridized carbons (Fsp3) is 0.364. The van der Waals surface area contributed by atoms with Crippen molar-refractivity contribution < 1.29 is 24.2 Å². The molecule has 0 fully saturated rings. The first-order chi connectivity index (χ1) is 9.04. The summed E-state index contributed by atoms with van der Waals surface area (Å²) in [6.45, 7) is 0. The number of anilines is 1. The van der Waals surface area contributed by atoms with Crippen molar-refractivity contribution in [1.82, 2.24) is 0 Å². The number of hydrogen-bond donors (Lipinski definition) is 2. The first-order valence-corrected chi connectivity index (χ1v) is 7.33. The predicted molar refractivity (Wildman–Crippen MR) is 73.9 cm³/mol. The Bertz CT molecular complexity index is 471. The molecule has 2 N–H and O–H groups in total. The Hall–Kier alpha value is -1.54. The second kappa shape index (κ2) is 7.80. The van der Waals surface area contributed by atoms with Gasteiger partial charge in [0, 0.05) is 5.75 Å². The van der Waals surface area contributed by atoms with Crippen LogP contribution in [-0.2, 0) is 14.3 Å². The van der Waals surface area contributed by atoms with E-state index in [1.807, 2.05) is 0 Å². The first-order valence-electron chi connectivity index (χ1n) is 5.29. The number of carbonyl (C=O) groups is 3. The smallest absolute Gasteiger partial charge is 0.350 e. The summed E-state index contributed by atoms with van der Waals surface area (Å²) >= 11 is 2.41. The van der Waals surface area contributed by atoms with Crippen LogP contribution in [0.25, 0.3) is 0 Å². The lowest BCUT2D eigenvalue weighted by atomic mass is 10.4. The van der Waals surface area contributed by atoms with Crippen LogP contribution < -0.4 is 5.32 Å². The molecule has 104 valence electrons. The minimum absolute atomic E-state index is 0.0177. The maximum absolute atomic E-state index is 11.6. The van der Waals surface area contributed by atoms with Crippen LogP contribution in [0.2, 0.25) is 0 Å². The van der Waals surface area contributed by atoms with Gasteiger partial charge >= 0.3 is 11.9 Å². The highest BCUT2D eigenvalue weighted by Crippen LogP contribution is 2.23. The van der Waals surface area contributed by atoms with Gasteiger partial charge in [-0.1, -0.05) is 0 Å². The van der Waals surface area contributed by atoms with E-state index in [1.165, 1.54) is 30.2 Å². The summed E-state index contributed by atoms with van der Waals surface area (Å²) in [4.78, 5) is 33.6. The SMILES string of the molecule is COC(=O)c1sccc1NC(=O)CSCCC(=O)O. The predicted octanol–water partition coefficient (Wildman–Crippen LogP) is 1.68. The fourth-order valence-corrected chi connectivity index (χ4v) is 2.66. The van der Waals surface area contributed by atoms with E-state index in [9.17, 15) is 14.4 Å². The Morgan fingerprint density at radius 1 is 1.47 bits per heavy atom. The highest BCUT2D eigenvalue weighted by molar-refractivity contribution is 7.99. The second-order valence-electron chi connectivity index (χ2n) is 3.40. The van der Waals surface area contributed by atoms with Crippen LogP contribution in [0.15, 0.2) is 11.4 Å². The molecule has 1 rings (SSSR count). The van der Waals surface area contributed by atoms with Gasteiger partial charge in [-0.15, -0.1) is 11.3 Å². The number of ether oxygens (including phenoxy) is 1. The lowest BCUT2D eigenvalue weighted by Crippen LogP contribution is -2.16. The summed E-state index contributed by atoms with van der Waals surface area (Å²) in [6, 6.07) is 1.62. The van der Waals surface area contributed by atoms with E-state index in [0.29, 0.717) is 16.3 Å². The molecule has 0 aromatic carbocycles. The lowest BCUT2D eigenvalue weighted by Gasteiger charge is -2.05. The Labute approximate surface area is 118 Å². The minimum atomic E-state index is -0.890. The van der Waals surface area contributed by atoms with E-state index in [0.717, 1.165) is 0 Å². The maximum atomic E-state index is 11.6. The van der Waals surface area contributed by atoms with Crippen molar-refractivity contribution >= 4 is 46.6 Å². The van der Waals surface area contributed by atoms with Gasteiger partial charge in [-0.25, -0.2) is 4.79 Å². The number of methoxy groups -OCH3 is 1. The topological polar surface area (TPSA) is 92.7 Å². The molecule has 0 radical (unpaired) electrons. The number of aliphatic carboxylic acids is 1. The molecule has 0 bridgehead atoms. The van der Waals surface area contributed by atoms with Gasteiger partial charge in [0.15, 0.2) is 0 Å². The summed E-state index contributed by atoms with van der Waals surface area (Å²) in [5.74, 6) is -1.15. The second-order valence-corrected chi connectivity index (χ2v) is 5.42. The van der Waals surface area contributed by atoms with Gasteiger partial charge < -0.3 is 15.2 Å². The van der Waals surface area contributed by atoms with Gasteiger partial charge in [-0.2, -0.15) is 11.8 Å². The number of thiophene rings is 1. The summed E-state index contributed by atoms with van der Waals surface area (Å²) < 4.78 is 4.59. The lowest BCUT2D eigenvalue weighted by molar-refractivity contribution is -0.136. The molecule has 1 aromatic rings. The Morgan fingerprint density at radius 3 is 2.84 bits per heavy atom. The Balaban J connectivity index is 2.42. The van der Waals surface area contributed by atoms with Gasteiger partial charge in [0.05, 0.1) is 25.0 Å². The van der Waals surface area contributed by atoms with Gasteiger partial charge in [-0.05, 0) is 11.4 Å². The van der Waals surface area contributed by atoms with Crippen molar-refractivity contribution in [3.8, 4) is 0 Å². The fourth-order valence-electron chi connectivity index (χ4n) is 1.17. The van der Waals surface area contributed by atoms with Crippen molar-refractivity contribution in [3.63, 3.8) is 0 Å². The van der Waals surface area contributed by atoms with E-state index < -0.39 is 11.9 Å². The summed E-state index contributed by atoms with van der Waals surface area (Å²) in [7, 11) is 1.27. The van der Waals surface area contributed by atoms with Crippen LogP contribution >= 0.6 is 23.1 Å². The number of carbonyl (C=O) groups excluding carboxylic acids is 2. The number of carboxylic acids is 1. The number of esters is 1. The van der Waals surface area contributed by atoms with E-state index in [2.05, 4.69) is 10.1 Å². The van der Waals surface area contributed by atoms with E-state index in [-0.39, 0.29) is 18.1 Å². The molecular weight excluding hydrogens is 290 g/mol. The number of hydrogen-bond acceptors (Lipinski definition) is 6. The van der Waals surface area contributed by atoms with Crippen LogP contribution in [0.5, 0.6) is 0 Å². The number of rotatable bonds is 7. The molecule has 0 aliphatic rings. The summed E-state index contributed by atoms with van der Waals surface area (Å²) in [5, 5.41) is 12.7. The van der Waals surface area contributed by atoms with Crippen LogP contribution in [-0.4, -0.2) is 41.6 Å². The molecule has 1 amide bonds. The third kappa shape index (κ3) is 5.31. The third-order valence-corrected chi connectivity index (χ3v) is 3.86. The van der Waals surface area contributed by atoms with Gasteiger partial charge in [0.1, 0.15) is 4.88 Å². The van der Waals surface area contributed by atoms with Gasteiger partial charge in [-0.3, -0.25) is 9.59 Å². The van der Waals surface area contributed by atoms with Gasteiger partial charge in [0.2, 0.25) is 5.91 Å². The molecule has 0 saturated carbocycles. The van der Waals surface area contributed by atoms with E-state index >= 15 is 0 Å². The zero-order valence-corrected chi connectivity index (χ0v) is 11.8. The van der Waals surface area contributed by atoms with Crippen LogP contribution in [0, 0.1) is 0 Å². The van der Waals surface area contributed by atoms with E-state index in [1.54, 1.807) is 11.4 Å². The zero-order valence-electron chi connectivity index (χ0n) is 10.2. The quantitative estimate of drug-likeness (QED) is 0.588. The third-order valence-electron chi connectivity index (χ3n) is 2.00. The van der Waals surface area contributed by atoms with Gasteiger partial charge in [0.25, 0.3) is 0 Å². The highest BCUT2D eigenvalue weighted by Gasteiger charge is 2.15. The van der Waals surface area contributed by atoms with Crippen molar-refractivity contribution in [1.29, 1.82) is 0 Å². The number of nitrogens with one attached hydrogen (secondary N) is 1. The van der Waals surface area contributed by atoms with Crippen molar-refractivity contribution in [2.45, 2.75) is 6.42 Å². The molecule has 0 unspecified atom stereocenters. The van der Waals surface area contributed by atoms with Crippen LogP contribution in [0.4, 0.5) is 5.69 Å². The van der Waals surface area contributed by atoms with Crippen LogP contribution in [0.3, 0.4) is 0 Å². The highest BCUT2D eigenvalue weighted by atomic mass is 32.2. The zero-order chi connectivity index (χ0) is 14.3. The first kappa shape index (κ1) is 15.5. The number of amides is 1. The van der Waals surface area contributed by atoms with Crippen molar-refractivity contribution in [3.05, 3.63) is 16.3 Å². The molecule has 1 heterocycles. The standard InChI is InChI=1S/C11H13NO5S2/c1-17-11(16)10-7(2-5-19-10)12-8(13)6-18-4-3-9(14)15/h2,5H,3-4,6H2,1H3,(H,12,13)(H,14,15). The molecule has 6 nitrogen and oxygen atoms in total. The molecule has 0 spiro atoms. The molecule has 19 heavy (non-hydrogen) atoms. The number of thioether (sulfide) groups is 1. The molecule has 0 saturated heterocycles. The molecule has 0 aliphatic carbocycles. The van der Waals surface area contributed by atoms with Crippen molar-refractivity contribution in [2.24, 2.45) is 0 Å². The van der Waals surface area contributed by atoms with Crippen molar-refractivity contribution in [2.75, 3.05) is 23.9 Å². The maximum Gasteiger partial charge on any atom is 0.350 e. The summed E-state index contributed by atoms with van der Waals surface area (Å²) in [5.41, 5.74) is 0.417. The Kier molecular flexibility index (Phi) is 6.37. The normalized spacial score (nSPS) is 9.95.